The molecule has 6 heteroatoms. The minimum atomic E-state index is -1.24. The zero-order valence-electron chi connectivity index (χ0n) is 9.77. The zero-order chi connectivity index (χ0) is 12.6. The SMILES string of the molecule is CCCCCN(C)C(=O)N[C@@H](CO)C(=O)O. The van der Waals surface area contributed by atoms with Crippen LogP contribution in [0.15, 0.2) is 0 Å². The minimum absolute atomic E-state index is 0.474. The number of carboxylic acid groups (broad SMARTS) is 1. The molecule has 0 aliphatic rings. The summed E-state index contributed by atoms with van der Waals surface area (Å²) in [5.41, 5.74) is 0. The summed E-state index contributed by atoms with van der Waals surface area (Å²) >= 11 is 0. The summed E-state index contributed by atoms with van der Waals surface area (Å²) in [5, 5.41) is 19.6. The second-order valence-corrected chi connectivity index (χ2v) is 3.65. The van der Waals surface area contributed by atoms with E-state index >= 15 is 0 Å². The van der Waals surface area contributed by atoms with E-state index in [9.17, 15) is 9.59 Å². The van der Waals surface area contributed by atoms with Crippen molar-refractivity contribution >= 4 is 12.0 Å². The number of aliphatic carboxylic acids is 1. The van der Waals surface area contributed by atoms with Crippen LogP contribution in [0.5, 0.6) is 0 Å². The predicted octanol–water partition coefficient (Wildman–Crippen LogP) is 0.263. The molecule has 1 atom stereocenters. The highest BCUT2D eigenvalue weighted by Crippen LogP contribution is 1.97. The van der Waals surface area contributed by atoms with E-state index in [-0.39, 0.29) is 0 Å². The Morgan fingerprint density at radius 1 is 1.38 bits per heavy atom. The third-order valence-electron chi connectivity index (χ3n) is 2.22. The summed E-state index contributed by atoms with van der Waals surface area (Å²) < 4.78 is 0. The number of urea groups is 1. The Kier molecular flexibility index (Phi) is 7.28. The maximum atomic E-state index is 11.5. The highest BCUT2D eigenvalue weighted by Gasteiger charge is 2.20. The van der Waals surface area contributed by atoms with Crippen LogP contribution in [-0.4, -0.2) is 53.4 Å². The van der Waals surface area contributed by atoms with E-state index in [4.69, 9.17) is 10.2 Å². The molecule has 6 nitrogen and oxygen atoms in total. The monoisotopic (exact) mass is 232 g/mol. The second kappa shape index (κ2) is 7.92. The van der Waals surface area contributed by atoms with Crippen molar-refractivity contribution in [2.45, 2.75) is 32.2 Å². The molecule has 0 spiro atoms. The van der Waals surface area contributed by atoms with Gasteiger partial charge in [0.15, 0.2) is 6.04 Å². The number of hydrogen-bond donors (Lipinski definition) is 3. The van der Waals surface area contributed by atoms with Crippen molar-refractivity contribution in [3.63, 3.8) is 0 Å². The Bertz CT molecular complexity index is 233. The average molecular weight is 232 g/mol. The van der Waals surface area contributed by atoms with Gasteiger partial charge in [0.2, 0.25) is 0 Å². The molecule has 0 unspecified atom stereocenters. The number of carboxylic acids is 1. The van der Waals surface area contributed by atoms with Crippen LogP contribution >= 0.6 is 0 Å². The maximum Gasteiger partial charge on any atom is 0.328 e. The number of nitrogens with one attached hydrogen (secondary N) is 1. The molecule has 16 heavy (non-hydrogen) atoms. The summed E-state index contributed by atoms with van der Waals surface area (Å²) in [7, 11) is 1.60. The number of amides is 2. The smallest absolute Gasteiger partial charge is 0.328 e. The van der Waals surface area contributed by atoms with Crippen LogP contribution in [0.3, 0.4) is 0 Å². The molecule has 0 fully saturated rings. The van der Waals surface area contributed by atoms with Crippen molar-refractivity contribution in [3.8, 4) is 0 Å². The predicted molar refractivity (Wildman–Crippen MR) is 59.2 cm³/mol. The van der Waals surface area contributed by atoms with Crippen LogP contribution < -0.4 is 5.32 Å². The Morgan fingerprint density at radius 3 is 2.44 bits per heavy atom. The van der Waals surface area contributed by atoms with Gasteiger partial charge in [0.05, 0.1) is 6.61 Å². The number of rotatable bonds is 7. The molecule has 0 aromatic carbocycles. The molecule has 94 valence electrons. The second-order valence-electron chi connectivity index (χ2n) is 3.65. The molecular weight excluding hydrogens is 212 g/mol. The third-order valence-corrected chi connectivity index (χ3v) is 2.22. The van der Waals surface area contributed by atoms with E-state index in [1.807, 2.05) is 0 Å². The first-order chi connectivity index (χ1) is 7.52. The van der Waals surface area contributed by atoms with Gasteiger partial charge in [-0.2, -0.15) is 0 Å². The maximum absolute atomic E-state index is 11.5. The molecule has 0 aliphatic carbocycles. The van der Waals surface area contributed by atoms with Gasteiger partial charge in [0.25, 0.3) is 0 Å². The van der Waals surface area contributed by atoms with Crippen molar-refractivity contribution in [1.82, 2.24) is 10.2 Å². The highest BCUT2D eigenvalue weighted by molar-refractivity contribution is 5.82. The summed E-state index contributed by atoms with van der Waals surface area (Å²) in [6.07, 6.45) is 2.97. The molecular formula is C10H20N2O4. The van der Waals surface area contributed by atoms with Gasteiger partial charge >= 0.3 is 12.0 Å². The van der Waals surface area contributed by atoms with E-state index in [0.717, 1.165) is 19.3 Å². The number of nitrogens with zero attached hydrogens (tertiary/aromatic N) is 1. The van der Waals surface area contributed by atoms with Crippen LogP contribution in [0.2, 0.25) is 0 Å². The lowest BCUT2D eigenvalue weighted by Crippen LogP contribution is -2.48. The Balaban J connectivity index is 3.98. The lowest BCUT2D eigenvalue weighted by Gasteiger charge is -2.20. The summed E-state index contributed by atoms with van der Waals surface area (Å²) in [6, 6.07) is -1.71. The van der Waals surface area contributed by atoms with Crippen molar-refractivity contribution in [3.05, 3.63) is 0 Å². The van der Waals surface area contributed by atoms with Crippen LogP contribution in [0.25, 0.3) is 0 Å². The first-order valence-corrected chi connectivity index (χ1v) is 5.38. The standard InChI is InChI=1S/C10H20N2O4/c1-3-4-5-6-12(2)10(16)11-8(7-13)9(14)15/h8,13H,3-7H2,1-2H3,(H,11,16)(H,14,15)/t8-/m0/s1. The van der Waals surface area contributed by atoms with E-state index in [0.29, 0.717) is 6.54 Å². The summed E-state index contributed by atoms with van der Waals surface area (Å²) in [4.78, 5) is 23.4. The molecule has 2 amide bonds. The lowest BCUT2D eigenvalue weighted by atomic mass is 10.2. The van der Waals surface area contributed by atoms with E-state index in [2.05, 4.69) is 12.2 Å². The largest absolute Gasteiger partial charge is 0.480 e. The minimum Gasteiger partial charge on any atom is -0.480 e. The van der Waals surface area contributed by atoms with Gasteiger partial charge in [0.1, 0.15) is 0 Å². The van der Waals surface area contributed by atoms with E-state index in [1.165, 1.54) is 4.90 Å². The third kappa shape index (κ3) is 5.55. The number of unbranched alkanes of at least 4 members (excludes halogenated alkanes) is 2. The average Bonchev–Trinajstić information content (AvgIpc) is 2.25. The Morgan fingerprint density at radius 2 is 2.00 bits per heavy atom. The molecule has 0 rings (SSSR count). The van der Waals surface area contributed by atoms with Gasteiger partial charge in [-0.25, -0.2) is 9.59 Å². The van der Waals surface area contributed by atoms with Gasteiger partial charge in [-0.05, 0) is 6.42 Å². The fraction of sp³-hybridized carbons (Fsp3) is 0.800. The fourth-order valence-electron chi connectivity index (χ4n) is 1.15. The number of aliphatic hydroxyl groups is 1. The number of aliphatic hydroxyl groups excluding tert-OH is 1. The van der Waals surface area contributed by atoms with Gasteiger partial charge in [-0.3, -0.25) is 0 Å². The highest BCUT2D eigenvalue weighted by atomic mass is 16.4. The first kappa shape index (κ1) is 14.7. The molecule has 0 aromatic rings. The molecule has 0 heterocycles. The Labute approximate surface area is 95.2 Å². The number of carbonyl (C=O) groups is 2. The van der Waals surface area contributed by atoms with Gasteiger partial charge in [0, 0.05) is 13.6 Å². The quantitative estimate of drug-likeness (QED) is 0.549. The van der Waals surface area contributed by atoms with Gasteiger partial charge in [-0.15, -0.1) is 0 Å². The van der Waals surface area contributed by atoms with Crippen molar-refractivity contribution in [2.24, 2.45) is 0 Å². The van der Waals surface area contributed by atoms with E-state index in [1.54, 1.807) is 7.05 Å². The first-order valence-electron chi connectivity index (χ1n) is 5.38. The van der Waals surface area contributed by atoms with Crippen LogP contribution in [0.1, 0.15) is 26.2 Å². The number of carbonyl (C=O) groups excluding carboxylic acids is 1. The van der Waals surface area contributed by atoms with Crippen molar-refractivity contribution in [2.75, 3.05) is 20.2 Å². The van der Waals surface area contributed by atoms with E-state index < -0.39 is 24.6 Å². The zero-order valence-corrected chi connectivity index (χ0v) is 9.77. The van der Waals surface area contributed by atoms with Gasteiger partial charge < -0.3 is 20.4 Å². The molecule has 0 aromatic heterocycles. The topological polar surface area (TPSA) is 89.9 Å². The summed E-state index contributed by atoms with van der Waals surface area (Å²) in [6.45, 7) is 2.04. The molecule has 0 saturated heterocycles. The van der Waals surface area contributed by atoms with Crippen LogP contribution in [0.4, 0.5) is 4.79 Å². The molecule has 0 radical (unpaired) electrons. The lowest BCUT2D eigenvalue weighted by molar-refractivity contribution is -0.140. The summed E-state index contributed by atoms with van der Waals surface area (Å²) in [5.74, 6) is -1.24. The molecule has 3 N–H and O–H groups in total. The van der Waals surface area contributed by atoms with Crippen LogP contribution in [0, 0.1) is 0 Å². The van der Waals surface area contributed by atoms with Crippen molar-refractivity contribution < 1.29 is 19.8 Å². The molecule has 0 aliphatic heterocycles. The van der Waals surface area contributed by atoms with Crippen LogP contribution in [-0.2, 0) is 4.79 Å². The van der Waals surface area contributed by atoms with Crippen molar-refractivity contribution in [1.29, 1.82) is 0 Å². The number of hydrogen-bond acceptors (Lipinski definition) is 3. The normalized spacial score (nSPS) is 11.9. The van der Waals surface area contributed by atoms with Gasteiger partial charge in [-0.1, -0.05) is 19.8 Å². The molecule has 0 saturated carbocycles. The Hall–Kier alpha value is -1.30. The fourth-order valence-corrected chi connectivity index (χ4v) is 1.15. The molecule has 0 bridgehead atoms.